The van der Waals surface area contributed by atoms with Crippen LogP contribution in [-0.4, -0.2) is 20.9 Å². The number of hydrogen-bond acceptors (Lipinski definition) is 4. The monoisotopic (exact) mass is 480 g/mol. The van der Waals surface area contributed by atoms with Crippen molar-refractivity contribution in [2.24, 2.45) is 10.1 Å². The van der Waals surface area contributed by atoms with Gasteiger partial charge in [-0.15, -0.1) is 24.0 Å². The smallest absolute Gasteiger partial charge is 0.238 e. The molecule has 4 N–H and O–H groups in total. The summed E-state index contributed by atoms with van der Waals surface area (Å²) in [6.45, 7) is 3.78. The van der Waals surface area contributed by atoms with Gasteiger partial charge in [-0.2, -0.15) is 11.3 Å². The maximum absolute atomic E-state index is 11.4. The van der Waals surface area contributed by atoms with E-state index in [1.807, 2.05) is 24.4 Å². The Balaban J connectivity index is 0.00000288. The lowest BCUT2D eigenvalue weighted by atomic mass is 10.2. The highest BCUT2D eigenvalue weighted by atomic mass is 127. The molecular formula is C15H21IN4O2S2. The number of primary sulfonamides is 1. The van der Waals surface area contributed by atoms with Crippen LogP contribution in [0.1, 0.15) is 18.1 Å². The Kier molecular flexibility index (Phi) is 8.67. The third kappa shape index (κ3) is 6.75. The van der Waals surface area contributed by atoms with E-state index >= 15 is 0 Å². The molecule has 132 valence electrons. The van der Waals surface area contributed by atoms with Gasteiger partial charge in [0.05, 0.1) is 11.4 Å². The summed E-state index contributed by atoms with van der Waals surface area (Å²) in [6.07, 6.45) is 0. The second kappa shape index (κ2) is 9.97. The van der Waals surface area contributed by atoms with Crippen LogP contribution in [0, 0.1) is 0 Å². The van der Waals surface area contributed by atoms with E-state index in [2.05, 4.69) is 21.0 Å². The molecule has 0 atom stereocenters. The van der Waals surface area contributed by atoms with Gasteiger partial charge in [-0.1, -0.05) is 12.1 Å². The van der Waals surface area contributed by atoms with Crippen molar-refractivity contribution in [2.45, 2.75) is 24.9 Å². The molecule has 1 aromatic heterocycles. The molecule has 0 fully saturated rings. The summed E-state index contributed by atoms with van der Waals surface area (Å²) in [7, 11) is -3.69. The van der Waals surface area contributed by atoms with E-state index in [1.54, 1.807) is 23.5 Å². The van der Waals surface area contributed by atoms with Gasteiger partial charge in [0.15, 0.2) is 5.96 Å². The van der Waals surface area contributed by atoms with Crippen LogP contribution in [0.5, 0.6) is 0 Å². The van der Waals surface area contributed by atoms with Gasteiger partial charge in [0.1, 0.15) is 0 Å². The number of rotatable bonds is 6. The maximum Gasteiger partial charge on any atom is 0.238 e. The quantitative estimate of drug-likeness (QED) is 0.336. The number of nitrogens with two attached hydrogens (primary N) is 1. The molecule has 1 heterocycles. The summed E-state index contributed by atoms with van der Waals surface area (Å²) in [5.74, 6) is 0.680. The van der Waals surface area contributed by atoms with Crippen LogP contribution in [0.3, 0.4) is 0 Å². The van der Waals surface area contributed by atoms with E-state index in [0.717, 1.165) is 17.7 Å². The Morgan fingerprint density at radius 3 is 2.67 bits per heavy atom. The molecule has 0 unspecified atom stereocenters. The Labute approximate surface area is 163 Å². The van der Waals surface area contributed by atoms with Crippen LogP contribution in [0.15, 0.2) is 51.0 Å². The Morgan fingerprint density at radius 2 is 2.04 bits per heavy atom. The van der Waals surface area contributed by atoms with E-state index < -0.39 is 10.0 Å². The summed E-state index contributed by atoms with van der Waals surface area (Å²) in [5, 5.41) is 15.6. The number of thiophene rings is 1. The predicted octanol–water partition coefficient (Wildman–Crippen LogP) is 2.27. The minimum Gasteiger partial charge on any atom is -0.357 e. The first-order chi connectivity index (χ1) is 11.0. The fourth-order valence-electron chi connectivity index (χ4n) is 1.91. The van der Waals surface area contributed by atoms with E-state index in [-0.39, 0.29) is 28.9 Å². The molecule has 0 saturated carbocycles. The highest BCUT2D eigenvalue weighted by Crippen LogP contribution is 2.10. The van der Waals surface area contributed by atoms with Gasteiger partial charge in [-0.05, 0) is 47.0 Å². The van der Waals surface area contributed by atoms with Crippen LogP contribution in [-0.2, 0) is 23.1 Å². The zero-order valence-corrected chi connectivity index (χ0v) is 17.2. The largest absolute Gasteiger partial charge is 0.357 e. The summed E-state index contributed by atoms with van der Waals surface area (Å²) >= 11 is 1.64. The molecular weight excluding hydrogens is 459 g/mol. The van der Waals surface area contributed by atoms with Crippen LogP contribution < -0.4 is 15.8 Å². The van der Waals surface area contributed by atoms with Gasteiger partial charge >= 0.3 is 0 Å². The zero-order valence-electron chi connectivity index (χ0n) is 13.2. The number of guanidine groups is 1. The first-order valence-electron chi connectivity index (χ1n) is 7.14. The second-order valence-corrected chi connectivity index (χ2v) is 7.21. The maximum atomic E-state index is 11.4. The SMILES string of the molecule is CCNC(=NCc1ccsc1)NCc1cccc(S(N)(=O)=O)c1.I. The topological polar surface area (TPSA) is 96.6 Å². The number of nitrogens with one attached hydrogen (secondary N) is 2. The van der Waals surface area contributed by atoms with Crippen molar-refractivity contribution in [3.63, 3.8) is 0 Å². The van der Waals surface area contributed by atoms with Crippen LogP contribution in [0.4, 0.5) is 0 Å². The standard InChI is InChI=1S/C15H20N4O2S2.HI/c1-2-17-15(19-10-13-6-7-22-11-13)18-9-12-4-3-5-14(8-12)23(16,20)21;/h3-8,11H,2,9-10H2,1H3,(H2,16,20,21)(H2,17,18,19);1H. The average molecular weight is 480 g/mol. The summed E-state index contributed by atoms with van der Waals surface area (Å²) in [5.41, 5.74) is 1.97. The number of halogens is 1. The molecule has 6 nitrogen and oxygen atoms in total. The summed E-state index contributed by atoms with van der Waals surface area (Å²) < 4.78 is 22.8. The van der Waals surface area contributed by atoms with Gasteiger partial charge < -0.3 is 10.6 Å². The fraction of sp³-hybridized carbons (Fsp3) is 0.267. The molecule has 1 aromatic carbocycles. The van der Waals surface area contributed by atoms with Gasteiger partial charge in [0.25, 0.3) is 0 Å². The molecule has 0 aliphatic rings. The molecule has 9 heteroatoms. The van der Waals surface area contributed by atoms with Crippen molar-refractivity contribution in [2.75, 3.05) is 6.54 Å². The molecule has 0 aliphatic heterocycles. The van der Waals surface area contributed by atoms with Crippen molar-refractivity contribution in [3.05, 3.63) is 52.2 Å². The number of benzene rings is 1. The van der Waals surface area contributed by atoms with Crippen LogP contribution in [0.2, 0.25) is 0 Å². The van der Waals surface area contributed by atoms with Crippen molar-refractivity contribution in [3.8, 4) is 0 Å². The zero-order chi connectivity index (χ0) is 16.7. The highest BCUT2D eigenvalue weighted by molar-refractivity contribution is 14.0. The van der Waals surface area contributed by atoms with Crippen LogP contribution >= 0.6 is 35.3 Å². The van der Waals surface area contributed by atoms with Crippen molar-refractivity contribution in [1.82, 2.24) is 10.6 Å². The predicted molar refractivity (Wildman–Crippen MR) is 109 cm³/mol. The van der Waals surface area contributed by atoms with Gasteiger partial charge in [0.2, 0.25) is 10.0 Å². The van der Waals surface area contributed by atoms with E-state index in [9.17, 15) is 8.42 Å². The van der Waals surface area contributed by atoms with Gasteiger partial charge in [-0.3, -0.25) is 0 Å². The van der Waals surface area contributed by atoms with E-state index in [1.165, 1.54) is 6.07 Å². The lowest BCUT2D eigenvalue weighted by Crippen LogP contribution is -2.36. The third-order valence-corrected chi connectivity index (χ3v) is 4.67. The lowest BCUT2D eigenvalue weighted by Gasteiger charge is -2.11. The number of nitrogens with zero attached hydrogens (tertiary/aromatic N) is 1. The van der Waals surface area contributed by atoms with E-state index in [0.29, 0.717) is 19.0 Å². The second-order valence-electron chi connectivity index (χ2n) is 4.87. The van der Waals surface area contributed by atoms with E-state index in [4.69, 9.17) is 5.14 Å². The first-order valence-corrected chi connectivity index (χ1v) is 9.63. The van der Waals surface area contributed by atoms with Crippen molar-refractivity contribution >= 4 is 51.3 Å². The molecule has 0 bridgehead atoms. The summed E-state index contributed by atoms with van der Waals surface area (Å²) in [6, 6.07) is 8.59. The molecule has 0 saturated heterocycles. The molecule has 0 aliphatic carbocycles. The number of sulfonamides is 1. The Morgan fingerprint density at radius 1 is 1.25 bits per heavy atom. The molecule has 24 heavy (non-hydrogen) atoms. The normalized spacial score (nSPS) is 11.7. The average Bonchev–Trinajstić information content (AvgIpc) is 3.03. The molecule has 0 radical (unpaired) electrons. The van der Waals surface area contributed by atoms with Gasteiger partial charge in [-0.25, -0.2) is 18.5 Å². The van der Waals surface area contributed by atoms with Crippen LogP contribution in [0.25, 0.3) is 0 Å². The molecule has 2 rings (SSSR count). The number of hydrogen-bond donors (Lipinski definition) is 3. The number of aliphatic imine (C=N–C) groups is 1. The van der Waals surface area contributed by atoms with Gasteiger partial charge in [0, 0.05) is 13.1 Å². The highest BCUT2D eigenvalue weighted by Gasteiger charge is 2.08. The minimum atomic E-state index is -3.69. The lowest BCUT2D eigenvalue weighted by molar-refractivity contribution is 0.597. The third-order valence-electron chi connectivity index (χ3n) is 3.03. The molecule has 0 amide bonds. The Bertz CT molecular complexity index is 762. The Hall–Kier alpha value is -1.17. The van der Waals surface area contributed by atoms with Crippen molar-refractivity contribution in [1.29, 1.82) is 0 Å². The summed E-state index contributed by atoms with van der Waals surface area (Å²) in [4.78, 5) is 4.61. The molecule has 0 spiro atoms. The first kappa shape index (κ1) is 20.9. The molecule has 2 aromatic rings. The minimum absolute atomic E-state index is 0. The van der Waals surface area contributed by atoms with Crippen molar-refractivity contribution < 1.29 is 8.42 Å². The fourth-order valence-corrected chi connectivity index (χ4v) is 3.16.